The topological polar surface area (TPSA) is 56.2 Å². The average Bonchev–Trinajstić information content (AvgIpc) is 2.25. The van der Waals surface area contributed by atoms with Crippen molar-refractivity contribution in [1.82, 2.24) is 9.80 Å². The highest BCUT2D eigenvalue weighted by atomic mass is 32.2. The van der Waals surface area contributed by atoms with Crippen LogP contribution < -0.4 is 0 Å². The largest absolute Gasteiger partial charge is 0.328 e. The van der Waals surface area contributed by atoms with Crippen LogP contribution in [0, 0.1) is 0 Å². The van der Waals surface area contributed by atoms with Gasteiger partial charge in [-0.05, 0) is 55.4 Å². The number of nitrogens with zero attached hydrogens (tertiary/aromatic N) is 2. The summed E-state index contributed by atoms with van der Waals surface area (Å²) in [6, 6.07) is 1.58. The summed E-state index contributed by atoms with van der Waals surface area (Å²) in [5.74, 6) is 0.273. The Kier molecular flexibility index (Phi) is 10.7. The van der Waals surface area contributed by atoms with Crippen molar-refractivity contribution in [1.29, 1.82) is 0 Å². The van der Waals surface area contributed by atoms with Crippen molar-refractivity contribution >= 4 is 20.4 Å². The number of thioether (sulfide) groups is 1. The number of hydrogen-bond acceptors (Lipinski definition) is 6. The van der Waals surface area contributed by atoms with Gasteiger partial charge in [0.25, 0.3) is 0 Å². The predicted octanol–water partition coefficient (Wildman–Crippen LogP) is 3.43. The van der Waals surface area contributed by atoms with Crippen LogP contribution in [0.1, 0.15) is 55.4 Å². The summed E-state index contributed by atoms with van der Waals surface area (Å²) in [4.78, 5) is 22.7. The third-order valence-corrected chi connectivity index (χ3v) is 4.85. The molecule has 0 unspecified atom stereocenters. The van der Waals surface area contributed by atoms with Crippen molar-refractivity contribution in [2.45, 2.75) is 85.1 Å². The minimum absolute atomic E-state index is 0.139. The zero-order chi connectivity index (χ0) is 16.7. The summed E-state index contributed by atoms with van der Waals surface area (Å²) in [7, 11) is -2.29. The zero-order valence-electron chi connectivity index (χ0n) is 14.6. The molecule has 5 nitrogen and oxygen atoms in total. The average molecular weight is 340 g/mol. The lowest BCUT2D eigenvalue weighted by atomic mass is 10.2. The maximum atomic E-state index is 8.94. The lowest BCUT2D eigenvalue weighted by molar-refractivity contribution is 0.0167. The van der Waals surface area contributed by atoms with E-state index in [0.717, 1.165) is 0 Å². The van der Waals surface area contributed by atoms with Crippen LogP contribution in [-0.2, 0) is 4.52 Å². The molecule has 7 heteroatoms. The van der Waals surface area contributed by atoms with Crippen LogP contribution in [0.25, 0.3) is 0 Å². The molecule has 21 heavy (non-hydrogen) atoms. The zero-order valence-corrected chi connectivity index (χ0v) is 16.4. The summed E-state index contributed by atoms with van der Waals surface area (Å²) < 4.78 is 4.98. The lowest BCUT2D eigenvalue weighted by Gasteiger charge is -2.47. The highest BCUT2D eigenvalue weighted by Crippen LogP contribution is 2.32. The van der Waals surface area contributed by atoms with Gasteiger partial charge in [-0.1, -0.05) is 11.8 Å². The van der Waals surface area contributed by atoms with Crippen LogP contribution in [0.4, 0.5) is 0 Å². The highest BCUT2D eigenvalue weighted by molar-refractivity contribution is 7.99. The molecule has 0 fully saturated rings. The molecule has 0 aliphatic rings. The minimum Gasteiger partial charge on any atom is -0.328 e. The fraction of sp³-hybridized carbons (Fsp3) is 1.00. The van der Waals surface area contributed by atoms with Gasteiger partial charge in [0.1, 0.15) is 11.4 Å². The molecule has 0 aromatic heterocycles. The van der Waals surface area contributed by atoms with E-state index < -0.39 is 8.60 Å². The lowest BCUT2D eigenvalue weighted by Crippen LogP contribution is -2.56. The van der Waals surface area contributed by atoms with Crippen LogP contribution in [0.5, 0.6) is 0 Å². The molecule has 0 amide bonds. The van der Waals surface area contributed by atoms with Gasteiger partial charge in [0.15, 0.2) is 0 Å². The molecule has 2 N–H and O–H groups in total. The van der Waals surface area contributed by atoms with Crippen LogP contribution in [-0.4, -0.2) is 55.2 Å². The molecule has 0 spiro atoms. The smallest absolute Gasteiger partial charge is 0.327 e. The molecule has 128 valence electrons. The minimum atomic E-state index is -2.29. The van der Waals surface area contributed by atoms with Crippen molar-refractivity contribution in [2.75, 3.05) is 5.94 Å². The quantitative estimate of drug-likeness (QED) is 0.469. The van der Waals surface area contributed by atoms with E-state index in [1.807, 2.05) is 0 Å². The second-order valence-electron chi connectivity index (χ2n) is 6.26. The van der Waals surface area contributed by atoms with E-state index in [-0.39, 0.29) is 11.4 Å². The van der Waals surface area contributed by atoms with Crippen molar-refractivity contribution in [3.63, 3.8) is 0 Å². The van der Waals surface area contributed by atoms with E-state index >= 15 is 0 Å². The van der Waals surface area contributed by atoms with E-state index in [4.69, 9.17) is 14.3 Å². The molecule has 0 heterocycles. The van der Waals surface area contributed by atoms with Crippen molar-refractivity contribution < 1.29 is 14.3 Å². The summed E-state index contributed by atoms with van der Waals surface area (Å²) in [5.41, 5.74) is 0.139. The van der Waals surface area contributed by atoms with Crippen LogP contribution in [0.3, 0.4) is 0 Å². The number of hydrogen-bond donors (Lipinski definition) is 2. The summed E-state index contributed by atoms with van der Waals surface area (Å²) in [6.07, 6.45) is 0. The molecule has 0 saturated carbocycles. The van der Waals surface area contributed by atoms with Crippen LogP contribution in [0.2, 0.25) is 0 Å². The van der Waals surface area contributed by atoms with Gasteiger partial charge in [0, 0.05) is 24.2 Å². The van der Waals surface area contributed by atoms with Gasteiger partial charge < -0.3 is 14.3 Å². The molecular weight excluding hydrogens is 307 g/mol. The standard InChI is InChI=1S/C14H33N2O3PS/c1-10(2)15(11(3)4)14(21-9-19-20(17)18)16(12(5)6)13(7)8/h10-14,17-18H,9H2,1-8H3. The maximum absolute atomic E-state index is 8.94. The first-order valence-corrected chi connectivity index (χ1v) is 9.78. The van der Waals surface area contributed by atoms with Gasteiger partial charge in [-0.25, -0.2) is 0 Å². The molecule has 0 aromatic rings. The van der Waals surface area contributed by atoms with Crippen molar-refractivity contribution in [2.24, 2.45) is 0 Å². The first kappa shape index (κ1) is 21.6. The van der Waals surface area contributed by atoms with Gasteiger partial charge in [-0.2, -0.15) is 0 Å². The van der Waals surface area contributed by atoms with Crippen molar-refractivity contribution in [3.05, 3.63) is 0 Å². The Bertz CT molecular complexity index is 243. The molecule has 0 aliphatic carbocycles. The first-order valence-electron chi connectivity index (χ1n) is 7.56. The monoisotopic (exact) mass is 340 g/mol. The Balaban J connectivity index is 5.21. The van der Waals surface area contributed by atoms with Crippen LogP contribution in [0.15, 0.2) is 0 Å². The molecular formula is C14H33N2O3PS. The van der Waals surface area contributed by atoms with Gasteiger partial charge in [-0.15, -0.1) is 0 Å². The van der Waals surface area contributed by atoms with E-state index in [2.05, 4.69) is 65.2 Å². The molecule has 0 radical (unpaired) electrons. The van der Waals surface area contributed by atoms with Crippen LogP contribution >= 0.6 is 20.4 Å². The fourth-order valence-electron chi connectivity index (χ4n) is 2.68. The normalized spacial score (nSPS) is 13.4. The van der Waals surface area contributed by atoms with E-state index in [1.54, 1.807) is 11.8 Å². The Labute approximate surface area is 136 Å². The molecule has 0 bridgehead atoms. The maximum Gasteiger partial charge on any atom is 0.327 e. The van der Waals surface area contributed by atoms with Crippen molar-refractivity contribution in [3.8, 4) is 0 Å². The molecule has 0 aliphatic heterocycles. The molecule has 0 aromatic carbocycles. The summed E-state index contributed by atoms with van der Waals surface area (Å²) in [6.45, 7) is 17.5. The molecule has 0 atom stereocenters. The SMILES string of the molecule is CC(C)N(C(C)C)C(SCOP(O)O)N(C(C)C)C(C)C. The van der Waals surface area contributed by atoms with Gasteiger partial charge in [0.05, 0.1) is 0 Å². The third kappa shape index (κ3) is 7.60. The highest BCUT2D eigenvalue weighted by Gasteiger charge is 2.32. The summed E-state index contributed by atoms with van der Waals surface area (Å²) >= 11 is 1.61. The predicted molar refractivity (Wildman–Crippen MR) is 92.9 cm³/mol. The third-order valence-electron chi connectivity index (χ3n) is 3.28. The fourth-order valence-corrected chi connectivity index (χ4v) is 4.74. The Morgan fingerprint density at radius 1 is 0.810 bits per heavy atom. The second-order valence-corrected chi connectivity index (χ2v) is 8.02. The molecule has 0 saturated heterocycles. The summed E-state index contributed by atoms with van der Waals surface area (Å²) in [5, 5.41) is 0. The molecule has 0 rings (SSSR count). The Morgan fingerprint density at radius 2 is 1.14 bits per heavy atom. The number of rotatable bonds is 10. The Hall–Kier alpha value is 0.580. The van der Waals surface area contributed by atoms with Gasteiger partial charge in [-0.3, -0.25) is 9.80 Å². The Morgan fingerprint density at radius 3 is 1.38 bits per heavy atom. The van der Waals surface area contributed by atoms with E-state index in [9.17, 15) is 0 Å². The van der Waals surface area contributed by atoms with Gasteiger partial charge in [0.2, 0.25) is 0 Å². The first-order chi connectivity index (χ1) is 9.59. The van der Waals surface area contributed by atoms with E-state index in [0.29, 0.717) is 24.2 Å². The second kappa shape index (κ2) is 10.4. The van der Waals surface area contributed by atoms with Gasteiger partial charge >= 0.3 is 8.60 Å². The van der Waals surface area contributed by atoms with E-state index in [1.165, 1.54) is 0 Å².